The van der Waals surface area contributed by atoms with E-state index in [4.69, 9.17) is 0 Å². The molecule has 1 atom stereocenters. The Balaban J connectivity index is 1.75. The molecule has 0 aromatic heterocycles. The van der Waals surface area contributed by atoms with E-state index in [1.165, 1.54) is 0 Å². The Morgan fingerprint density at radius 3 is 2.52 bits per heavy atom. The molecule has 1 saturated heterocycles. The van der Waals surface area contributed by atoms with Gasteiger partial charge in [-0.05, 0) is 32.9 Å². The summed E-state index contributed by atoms with van der Waals surface area (Å²) in [5.41, 5.74) is 0. The third-order valence-electron chi connectivity index (χ3n) is 4.52. The van der Waals surface area contributed by atoms with Gasteiger partial charge in [0.2, 0.25) is 5.91 Å². The van der Waals surface area contributed by atoms with Gasteiger partial charge in [0.05, 0.1) is 0 Å². The molecule has 1 N–H and O–H groups in total. The molecule has 1 saturated carbocycles. The summed E-state index contributed by atoms with van der Waals surface area (Å²) in [5, 5.41) is 2.96. The van der Waals surface area contributed by atoms with Crippen LogP contribution in [-0.4, -0.2) is 78.0 Å². The van der Waals surface area contributed by atoms with E-state index in [0.29, 0.717) is 31.7 Å². The summed E-state index contributed by atoms with van der Waals surface area (Å²) < 4.78 is 0. The lowest BCUT2D eigenvalue weighted by Crippen LogP contribution is -2.56. The van der Waals surface area contributed by atoms with Gasteiger partial charge in [-0.1, -0.05) is 13.8 Å². The van der Waals surface area contributed by atoms with E-state index < -0.39 is 0 Å². The van der Waals surface area contributed by atoms with Gasteiger partial charge >= 0.3 is 6.03 Å². The zero-order valence-electron chi connectivity index (χ0n) is 13.5. The molecular formula is C15H28N4O2. The van der Waals surface area contributed by atoms with Crippen LogP contribution in [0.1, 0.15) is 33.6 Å². The van der Waals surface area contributed by atoms with Crippen molar-refractivity contribution in [3.8, 4) is 0 Å². The molecule has 2 fully saturated rings. The van der Waals surface area contributed by atoms with Crippen LogP contribution in [0.25, 0.3) is 0 Å². The number of urea groups is 1. The SMILES string of the molecule is CCN(CC)C(C)CNC(=O)N1CCN(C2CC2)C(=O)C1. The summed E-state index contributed by atoms with van der Waals surface area (Å²) in [5.74, 6) is 0.0932. The molecular weight excluding hydrogens is 268 g/mol. The predicted molar refractivity (Wildman–Crippen MR) is 82.1 cm³/mol. The predicted octanol–water partition coefficient (Wildman–Crippen LogP) is 0.733. The second kappa shape index (κ2) is 7.11. The van der Waals surface area contributed by atoms with Gasteiger partial charge in [-0.25, -0.2) is 4.79 Å². The van der Waals surface area contributed by atoms with E-state index >= 15 is 0 Å². The van der Waals surface area contributed by atoms with Gasteiger partial charge in [0.1, 0.15) is 6.54 Å². The molecule has 6 nitrogen and oxygen atoms in total. The summed E-state index contributed by atoms with van der Waals surface area (Å²) >= 11 is 0. The van der Waals surface area contributed by atoms with Gasteiger partial charge in [-0.2, -0.15) is 0 Å². The lowest BCUT2D eigenvalue weighted by Gasteiger charge is -2.35. The maximum Gasteiger partial charge on any atom is 0.317 e. The van der Waals surface area contributed by atoms with Crippen molar-refractivity contribution < 1.29 is 9.59 Å². The minimum Gasteiger partial charge on any atom is -0.336 e. The van der Waals surface area contributed by atoms with Crippen LogP contribution in [0, 0.1) is 0 Å². The summed E-state index contributed by atoms with van der Waals surface area (Å²) in [6.45, 7) is 10.5. The van der Waals surface area contributed by atoms with Gasteiger partial charge in [-0.3, -0.25) is 9.69 Å². The monoisotopic (exact) mass is 296 g/mol. The molecule has 0 aromatic rings. The second-order valence-corrected chi connectivity index (χ2v) is 6.00. The van der Waals surface area contributed by atoms with Crippen molar-refractivity contribution in [3.63, 3.8) is 0 Å². The number of hydrogen-bond acceptors (Lipinski definition) is 3. The lowest BCUT2D eigenvalue weighted by atomic mass is 10.2. The summed E-state index contributed by atoms with van der Waals surface area (Å²) in [6, 6.07) is 0.649. The van der Waals surface area contributed by atoms with E-state index in [9.17, 15) is 9.59 Å². The summed E-state index contributed by atoms with van der Waals surface area (Å²) in [6.07, 6.45) is 2.25. The summed E-state index contributed by atoms with van der Waals surface area (Å²) in [7, 11) is 0. The van der Waals surface area contributed by atoms with Crippen LogP contribution in [0.5, 0.6) is 0 Å². The number of nitrogens with zero attached hydrogens (tertiary/aromatic N) is 3. The zero-order chi connectivity index (χ0) is 15.4. The Hall–Kier alpha value is -1.30. The number of carbonyl (C=O) groups excluding carboxylic acids is 2. The number of piperazine rings is 1. The van der Waals surface area contributed by atoms with Crippen LogP contribution in [-0.2, 0) is 4.79 Å². The summed E-state index contributed by atoms with van der Waals surface area (Å²) in [4.78, 5) is 30.1. The van der Waals surface area contributed by atoms with Crippen molar-refractivity contribution in [1.29, 1.82) is 0 Å². The first-order chi connectivity index (χ1) is 10.1. The van der Waals surface area contributed by atoms with Crippen LogP contribution in [0.3, 0.4) is 0 Å². The maximum absolute atomic E-state index is 12.2. The molecule has 1 aliphatic heterocycles. The standard InChI is InChI=1S/C15H28N4O2/c1-4-17(5-2)12(3)10-16-15(21)18-8-9-19(13-6-7-13)14(20)11-18/h12-13H,4-11H2,1-3H3,(H,16,21). The number of likely N-dealkylation sites (N-methyl/N-ethyl adjacent to an activating group) is 1. The van der Waals surface area contributed by atoms with Crippen LogP contribution in [0.4, 0.5) is 4.79 Å². The number of carbonyl (C=O) groups is 2. The Morgan fingerprint density at radius 2 is 2.00 bits per heavy atom. The van der Waals surface area contributed by atoms with Crippen molar-refractivity contribution in [3.05, 3.63) is 0 Å². The van der Waals surface area contributed by atoms with Gasteiger partial charge in [0.15, 0.2) is 0 Å². The van der Waals surface area contributed by atoms with Gasteiger partial charge in [-0.15, -0.1) is 0 Å². The van der Waals surface area contributed by atoms with Crippen molar-refractivity contribution in [1.82, 2.24) is 20.0 Å². The van der Waals surface area contributed by atoms with Crippen LogP contribution in [0.2, 0.25) is 0 Å². The van der Waals surface area contributed by atoms with Crippen molar-refractivity contribution >= 4 is 11.9 Å². The number of amides is 3. The Morgan fingerprint density at radius 1 is 1.33 bits per heavy atom. The highest BCUT2D eigenvalue weighted by molar-refractivity contribution is 5.85. The molecule has 3 amide bonds. The topological polar surface area (TPSA) is 55.9 Å². The third kappa shape index (κ3) is 4.09. The Kier molecular flexibility index (Phi) is 5.45. The highest BCUT2D eigenvalue weighted by Gasteiger charge is 2.36. The molecule has 0 radical (unpaired) electrons. The smallest absolute Gasteiger partial charge is 0.317 e. The maximum atomic E-state index is 12.2. The van der Waals surface area contributed by atoms with Gasteiger partial charge < -0.3 is 15.1 Å². The minimum absolute atomic E-state index is 0.0932. The number of nitrogens with one attached hydrogen (secondary N) is 1. The number of rotatable bonds is 6. The fraction of sp³-hybridized carbons (Fsp3) is 0.867. The molecule has 1 aliphatic carbocycles. The second-order valence-electron chi connectivity index (χ2n) is 6.00. The van der Waals surface area contributed by atoms with Crippen LogP contribution in [0.15, 0.2) is 0 Å². The van der Waals surface area contributed by atoms with Crippen molar-refractivity contribution in [2.24, 2.45) is 0 Å². The molecule has 2 rings (SSSR count). The highest BCUT2D eigenvalue weighted by atomic mass is 16.2. The normalized spacial score (nSPS) is 20.9. The van der Waals surface area contributed by atoms with E-state index in [0.717, 1.165) is 25.9 Å². The fourth-order valence-electron chi connectivity index (χ4n) is 2.95. The Bertz CT molecular complexity index is 380. The molecule has 0 spiro atoms. The largest absolute Gasteiger partial charge is 0.336 e. The molecule has 1 heterocycles. The van der Waals surface area contributed by atoms with Crippen LogP contribution < -0.4 is 5.32 Å². The first kappa shape index (κ1) is 16.1. The van der Waals surface area contributed by atoms with Gasteiger partial charge in [0.25, 0.3) is 0 Å². The van der Waals surface area contributed by atoms with Crippen molar-refractivity contribution in [2.45, 2.75) is 45.7 Å². The van der Waals surface area contributed by atoms with E-state index in [1.54, 1.807) is 4.90 Å². The number of hydrogen-bond donors (Lipinski definition) is 1. The third-order valence-corrected chi connectivity index (χ3v) is 4.52. The lowest BCUT2D eigenvalue weighted by molar-refractivity contribution is -0.135. The van der Waals surface area contributed by atoms with Crippen molar-refractivity contribution in [2.75, 3.05) is 39.3 Å². The molecule has 6 heteroatoms. The molecule has 120 valence electrons. The first-order valence-electron chi connectivity index (χ1n) is 8.13. The average Bonchev–Trinajstić information content (AvgIpc) is 3.30. The van der Waals surface area contributed by atoms with E-state index in [1.807, 2.05) is 4.90 Å². The molecule has 2 aliphatic rings. The molecule has 21 heavy (non-hydrogen) atoms. The molecule has 0 bridgehead atoms. The van der Waals surface area contributed by atoms with E-state index in [-0.39, 0.29) is 18.5 Å². The van der Waals surface area contributed by atoms with Gasteiger partial charge in [0, 0.05) is 31.7 Å². The molecule has 0 aromatic carbocycles. The quantitative estimate of drug-likeness (QED) is 0.786. The zero-order valence-corrected chi connectivity index (χ0v) is 13.5. The van der Waals surface area contributed by atoms with Crippen LogP contribution >= 0.6 is 0 Å². The Labute approximate surface area is 127 Å². The minimum atomic E-state index is -0.113. The highest BCUT2D eigenvalue weighted by Crippen LogP contribution is 2.27. The average molecular weight is 296 g/mol. The van der Waals surface area contributed by atoms with E-state index in [2.05, 4.69) is 31.0 Å². The first-order valence-corrected chi connectivity index (χ1v) is 8.13. The molecule has 1 unspecified atom stereocenters. The fourth-order valence-corrected chi connectivity index (χ4v) is 2.95.